The van der Waals surface area contributed by atoms with Crippen LogP contribution in [-0.2, 0) is 0 Å². The molecule has 1 rings (SSSR count). The van der Waals surface area contributed by atoms with Gasteiger partial charge < -0.3 is 9.47 Å². The third-order valence-corrected chi connectivity index (χ3v) is 2.30. The summed E-state index contributed by atoms with van der Waals surface area (Å²) in [5.74, 6) is 1.33. The Morgan fingerprint density at radius 2 is 1.94 bits per heavy atom. The summed E-state index contributed by atoms with van der Waals surface area (Å²) in [5.41, 5.74) is 0.811. The number of hydrogen-bond donors (Lipinski definition) is 1. The van der Waals surface area contributed by atoms with Crippen LogP contribution in [0, 0.1) is 11.3 Å². The number of rotatable bonds is 6. The van der Waals surface area contributed by atoms with E-state index in [1.807, 2.05) is 12.1 Å². The van der Waals surface area contributed by atoms with E-state index in [-0.39, 0.29) is 0 Å². The maximum absolute atomic E-state index is 9.10. The van der Waals surface area contributed by atoms with Crippen molar-refractivity contribution in [2.24, 2.45) is 0 Å². The lowest BCUT2D eigenvalue weighted by molar-refractivity contribution is 0.392. The number of nitrogens with one attached hydrogen (secondary N) is 1. The number of methoxy groups -OCH3 is 2. The Morgan fingerprint density at radius 1 is 1.35 bits per heavy atom. The van der Waals surface area contributed by atoms with E-state index in [4.69, 9.17) is 14.7 Å². The highest BCUT2D eigenvalue weighted by Crippen LogP contribution is 2.26. The zero-order valence-corrected chi connectivity index (χ0v) is 10.1. The molecule has 0 spiro atoms. The topological polar surface area (TPSA) is 54.3 Å². The first-order chi connectivity index (χ1) is 8.24. The van der Waals surface area contributed by atoms with Gasteiger partial charge in [0.05, 0.1) is 20.3 Å². The van der Waals surface area contributed by atoms with Crippen molar-refractivity contribution >= 4 is 0 Å². The fourth-order valence-electron chi connectivity index (χ4n) is 1.44. The van der Waals surface area contributed by atoms with Crippen LogP contribution in [-0.4, -0.2) is 20.8 Å². The first kappa shape index (κ1) is 13.1. The van der Waals surface area contributed by atoms with Crippen molar-refractivity contribution in [3.63, 3.8) is 0 Å². The number of benzene rings is 1. The second-order valence-electron chi connectivity index (χ2n) is 3.41. The molecule has 0 amide bonds. The number of nitriles is 1. The highest BCUT2D eigenvalue weighted by atomic mass is 16.5. The summed E-state index contributed by atoms with van der Waals surface area (Å²) in [6.07, 6.45) is 1.71. The predicted molar refractivity (Wildman–Crippen MR) is 66.1 cm³/mol. The Bertz CT molecular complexity index is 402. The molecule has 1 unspecified atom stereocenters. The molecule has 1 N–H and O–H groups in total. The van der Waals surface area contributed by atoms with Crippen LogP contribution in [0.4, 0.5) is 0 Å². The molecule has 0 saturated heterocycles. The van der Waals surface area contributed by atoms with Gasteiger partial charge in [-0.3, -0.25) is 5.32 Å². The van der Waals surface area contributed by atoms with Crippen molar-refractivity contribution in [2.45, 2.75) is 6.04 Å². The molecule has 0 bridgehead atoms. The van der Waals surface area contributed by atoms with Gasteiger partial charge in [0.2, 0.25) is 0 Å². The molecule has 0 aromatic heterocycles. The van der Waals surface area contributed by atoms with E-state index < -0.39 is 6.04 Å². The number of hydrogen-bond acceptors (Lipinski definition) is 4. The summed E-state index contributed by atoms with van der Waals surface area (Å²) in [7, 11) is 3.16. The average Bonchev–Trinajstić information content (AvgIpc) is 2.39. The first-order valence-electron chi connectivity index (χ1n) is 5.22. The maximum atomic E-state index is 9.10. The normalized spacial score (nSPS) is 11.4. The van der Waals surface area contributed by atoms with Crippen LogP contribution >= 0.6 is 0 Å². The third-order valence-electron chi connectivity index (χ3n) is 2.30. The molecular formula is C13H16N2O2. The first-order valence-corrected chi connectivity index (χ1v) is 5.22. The van der Waals surface area contributed by atoms with Gasteiger partial charge in [-0.1, -0.05) is 6.08 Å². The molecule has 90 valence electrons. The van der Waals surface area contributed by atoms with Crippen LogP contribution in [0.1, 0.15) is 11.6 Å². The molecule has 1 aromatic rings. The smallest absolute Gasteiger partial charge is 0.122 e. The Morgan fingerprint density at radius 3 is 2.35 bits per heavy atom. The molecule has 0 radical (unpaired) electrons. The van der Waals surface area contributed by atoms with Crippen molar-refractivity contribution in [2.75, 3.05) is 20.8 Å². The van der Waals surface area contributed by atoms with Gasteiger partial charge in [0.25, 0.3) is 0 Å². The minimum absolute atomic E-state index is 0.406. The fourth-order valence-corrected chi connectivity index (χ4v) is 1.44. The van der Waals surface area contributed by atoms with E-state index in [2.05, 4.69) is 18.0 Å². The van der Waals surface area contributed by atoms with Crippen LogP contribution in [0.25, 0.3) is 0 Å². The van der Waals surface area contributed by atoms with Crippen LogP contribution in [0.5, 0.6) is 11.5 Å². The van der Waals surface area contributed by atoms with Gasteiger partial charge in [0, 0.05) is 12.6 Å². The van der Waals surface area contributed by atoms with Gasteiger partial charge in [-0.25, -0.2) is 0 Å². The van der Waals surface area contributed by atoms with Crippen LogP contribution in [0.2, 0.25) is 0 Å². The molecule has 0 fully saturated rings. The van der Waals surface area contributed by atoms with Crippen molar-refractivity contribution in [3.05, 3.63) is 36.4 Å². The highest BCUT2D eigenvalue weighted by Gasteiger charge is 2.11. The lowest BCUT2D eigenvalue weighted by Gasteiger charge is -2.13. The molecule has 4 nitrogen and oxygen atoms in total. The quantitative estimate of drug-likeness (QED) is 0.763. The van der Waals surface area contributed by atoms with E-state index >= 15 is 0 Å². The van der Waals surface area contributed by atoms with Gasteiger partial charge in [-0.15, -0.1) is 6.58 Å². The van der Waals surface area contributed by atoms with Crippen LogP contribution in [0.15, 0.2) is 30.9 Å². The van der Waals surface area contributed by atoms with Gasteiger partial charge in [0.1, 0.15) is 17.5 Å². The average molecular weight is 232 g/mol. The Labute approximate surface area is 101 Å². The third kappa shape index (κ3) is 3.51. The molecule has 17 heavy (non-hydrogen) atoms. The zero-order chi connectivity index (χ0) is 12.7. The maximum Gasteiger partial charge on any atom is 0.122 e. The lowest BCUT2D eigenvalue weighted by atomic mass is 10.1. The molecule has 0 saturated carbocycles. The van der Waals surface area contributed by atoms with Crippen LogP contribution in [0.3, 0.4) is 0 Å². The summed E-state index contributed by atoms with van der Waals surface area (Å²) in [6, 6.07) is 7.17. The molecule has 0 aliphatic heterocycles. The molecule has 4 heteroatoms. The van der Waals surface area contributed by atoms with Crippen molar-refractivity contribution in [3.8, 4) is 17.6 Å². The zero-order valence-electron chi connectivity index (χ0n) is 10.1. The molecule has 0 heterocycles. The van der Waals surface area contributed by atoms with E-state index in [9.17, 15) is 0 Å². The summed E-state index contributed by atoms with van der Waals surface area (Å²) in [6.45, 7) is 4.17. The molecule has 1 atom stereocenters. The second kappa shape index (κ2) is 6.56. The second-order valence-corrected chi connectivity index (χ2v) is 3.41. The summed E-state index contributed by atoms with van der Waals surface area (Å²) in [4.78, 5) is 0. The monoisotopic (exact) mass is 232 g/mol. The predicted octanol–water partition coefficient (Wildman–Crippen LogP) is 2.04. The molecule has 0 aliphatic rings. The van der Waals surface area contributed by atoms with E-state index in [1.165, 1.54) is 0 Å². The highest BCUT2D eigenvalue weighted by molar-refractivity contribution is 5.41. The van der Waals surface area contributed by atoms with E-state index in [0.29, 0.717) is 18.0 Å². The minimum Gasteiger partial charge on any atom is -0.497 e. The molecular weight excluding hydrogens is 216 g/mol. The number of nitrogens with zero attached hydrogens (tertiary/aromatic N) is 1. The SMILES string of the molecule is C=CCNC(C#N)c1cc(OC)cc(OC)c1. The van der Waals surface area contributed by atoms with Gasteiger partial charge in [-0.05, 0) is 17.7 Å². The van der Waals surface area contributed by atoms with Crippen molar-refractivity contribution in [1.29, 1.82) is 5.26 Å². The minimum atomic E-state index is -0.406. The Kier molecular flexibility index (Phi) is 5.05. The molecule has 0 aliphatic carbocycles. The van der Waals surface area contributed by atoms with E-state index in [0.717, 1.165) is 5.56 Å². The summed E-state index contributed by atoms with van der Waals surface area (Å²) in [5, 5.41) is 12.2. The lowest BCUT2D eigenvalue weighted by Crippen LogP contribution is -2.19. The van der Waals surface area contributed by atoms with Gasteiger partial charge in [-0.2, -0.15) is 5.26 Å². The summed E-state index contributed by atoms with van der Waals surface area (Å²) >= 11 is 0. The van der Waals surface area contributed by atoms with Gasteiger partial charge in [0.15, 0.2) is 0 Å². The van der Waals surface area contributed by atoms with Crippen molar-refractivity contribution < 1.29 is 9.47 Å². The Hall–Kier alpha value is -1.99. The Balaban J connectivity index is 3.01. The largest absolute Gasteiger partial charge is 0.497 e. The molecule has 1 aromatic carbocycles. The van der Waals surface area contributed by atoms with Gasteiger partial charge >= 0.3 is 0 Å². The van der Waals surface area contributed by atoms with E-state index in [1.54, 1.807) is 26.4 Å². The van der Waals surface area contributed by atoms with Crippen LogP contribution < -0.4 is 14.8 Å². The fraction of sp³-hybridized carbons (Fsp3) is 0.308. The van der Waals surface area contributed by atoms with Crippen molar-refractivity contribution in [1.82, 2.24) is 5.32 Å². The summed E-state index contributed by atoms with van der Waals surface area (Å²) < 4.78 is 10.3. The number of ether oxygens (including phenoxy) is 2. The standard InChI is InChI=1S/C13H16N2O2/c1-4-5-15-13(9-14)10-6-11(16-2)8-12(7-10)17-3/h4,6-8,13,15H,1,5H2,2-3H3.